The average molecular weight is 755 g/mol. The number of carbonyl (C=O) groups excluding carboxylic acids is 3. The third-order valence-corrected chi connectivity index (χ3v) is 13.1. The molecule has 292 valence electrons. The van der Waals surface area contributed by atoms with Crippen molar-refractivity contribution in [3.05, 3.63) is 35.4 Å². The molecule has 14 heteroatoms. The highest BCUT2D eigenvalue weighted by atomic mass is 19.4. The zero-order chi connectivity index (χ0) is 38.9. The SMILES string of the molecule is CC(C)(C)c1ccc(C(=O)C(COC(=O)O[C@H]2CC[C@@]3(C)[C@@H](CC[C@@H]4[C@@H]3CC[C@]3(C)C(=O)CC[C@@H]43)C2)CC(F)(F)C(F)(F)C(F)(F)C(F)(F)F)cc1. The molecule has 8 atom stereocenters. The van der Waals surface area contributed by atoms with Crippen LogP contribution in [0.3, 0.4) is 0 Å². The number of benzene rings is 1. The predicted octanol–water partition coefficient (Wildman–Crippen LogP) is 10.8. The molecule has 1 aromatic rings. The van der Waals surface area contributed by atoms with E-state index in [1.165, 1.54) is 24.3 Å². The van der Waals surface area contributed by atoms with Crippen LogP contribution in [0.1, 0.15) is 115 Å². The lowest BCUT2D eigenvalue weighted by Crippen LogP contribution is -2.61. The molecule has 0 bridgehead atoms. The Kier molecular flexibility index (Phi) is 10.5. The monoisotopic (exact) mass is 754 g/mol. The minimum Gasteiger partial charge on any atom is -0.433 e. The van der Waals surface area contributed by atoms with Gasteiger partial charge in [0.15, 0.2) is 5.78 Å². The Morgan fingerprint density at radius 3 is 2.06 bits per heavy atom. The Morgan fingerprint density at radius 1 is 0.827 bits per heavy atom. The third kappa shape index (κ3) is 6.97. The van der Waals surface area contributed by atoms with Gasteiger partial charge in [0.05, 0.1) is 5.92 Å². The van der Waals surface area contributed by atoms with Gasteiger partial charge in [0, 0.05) is 23.8 Å². The number of hydrogen-bond donors (Lipinski definition) is 0. The number of fused-ring (bicyclic) bond motifs is 5. The van der Waals surface area contributed by atoms with E-state index >= 15 is 0 Å². The maximum Gasteiger partial charge on any atom is 0.508 e. The number of ketones is 2. The number of alkyl halides is 9. The van der Waals surface area contributed by atoms with E-state index in [-0.39, 0.29) is 22.3 Å². The summed E-state index contributed by atoms with van der Waals surface area (Å²) >= 11 is 0. The van der Waals surface area contributed by atoms with Crippen molar-refractivity contribution in [3.8, 4) is 0 Å². The van der Waals surface area contributed by atoms with Gasteiger partial charge >= 0.3 is 30.1 Å². The first-order chi connectivity index (χ1) is 23.8. The van der Waals surface area contributed by atoms with E-state index < -0.39 is 66.3 Å². The molecule has 52 heavy (non-hydrogen) atoms. The number of halogens is 9. The smallest absolute Gasteiger partial charge is 0.433 e. The van der Waals surface area contributed by atoms with Crippen molar-refractivity contribution in [2.75, 3.05) is 6.61 Å². The maximum atomic E-state index is 14.8. The van der Waals surface area contributed by atoms with Crippen molar-refractivity contribution >= 4 is 17.7 Å². The van der Waals surface area contributed by atoms with Gasteiger partial charge in [-0.2, -0.15) is 39.5 Å². The van der Waals surface area contributed by atoms with Crippen LogP contribution in [0.4, 0.5) is 44.3 Å². The van der Waals surface area contributed by atoms with Crippen molar-refractivity contribution in [1.82, 2.24) is 0 Å². The largest absolute Gasteiger partial charge is 0.508 e. The Labute approximate surface area is 297 Å². The fourth-order valence-electron chi connectivity index (χ4n) is 9.88. The molecule has 4 aliphatic carbocycles. The van der Waals surface area contributed by atoms with Crippen LogP contribution in [0.2, 0.25) is 0 Å². The van der Waals surface area contributed by atoms with E-state index in [2.05, 4.69) is 13.8 Å². The summed E-state index contributed by atoms with van der Waals surface area (Å²) in [4.78, 5) is 38.9. The molecular weight excluding hydrogens is 707 g/mol. The third-order valence-electron chi connectivity index (χ3n) is 13.1. The van der Waals surface area contributed by atoms with Crippen molar-refractivity contribution in [1.29, 1.82) is 0 Å². The second-order valence-electron chi connectivity index (χ2n) is 17.1. The summed E-state index contributed by atoms with van der Waals surface area (Å²) < 4.78 is 134. The summed E-state index contributed by atoms with van der Waals surface area (Å²) in [6.45, 7) is 8.49. The summed E-state index contributed by atoms with van der Waals surface area (Å²) in [5, 5.41) is 0. The number of ether oxygens (including phenoxy) is 2. The lowest BCUT2D eigenvalue weighted by molar-refractivity contribution is -0.397. The Morgan fingerprint density at radius 2 is 1.46 bits per heavy atom. The maximum absolute atomic E-state index is 14.8. The van der Waals surface area contributed by atoms with E-state index in [1.807, 2.05) is 20.8 Å². The number of carbonyl (C=O) groups is 3. The van der Waals surface area contributed by atoms with Crippen molar-refractivity contribution < 1.29 is 63.4 Å². The van der Waals surface area contributed by atoms with Gasteiger partial charge in [0.25, 0.3) is 0 Å². The van der Waals surface area contributed by atoms with Crippen LogP contribution in [0.15, 0.2) is 24.3 Å². The molecule has 0 aromatic heterocycles. The van der Waals surface area contributed by atoms with Crippen molar-refractivity contribution in [2.45, 2.75) is 134 Å². The molecular formula is C38H47F9O5. The van der Waals surface area contributed by atoms with Gasteiger partial charge < -0.3 is 9.47 Å². The zero-order valence-corrected chi connectivity index (χ0v) is 30.0. The number of rotatable bonds is 9. The molecule has 0 N–H and O–H groups in total. The van der Waals surface area contributed by atoms with Crippen LogP contribution in [0.25, 0.3) is 0 Å². The van der Waals surface area contributed by atoms with Gasteiger partial charge in [0.2, 0.25) is 0 Å². The summed E-state index contributed by atoms with van der Waals surface area (Å²) in [6.07, 6.45) is -4.89. The van der Waals surface area contributed by atoms with Crippen molar-refractivity contribution in [3.63, 3.8) is 0 Å². The standard InChI is InChI=1S/C38H47F9O5/c1-32(2,3)23-8-6-21(7-9-23)30(49)22(19-35(39,40)36(41,42)37(43,44)38(45,46)47)20-51-31(50)52-25-14-16-33(4)24(18-25)10-11-26-27-12-13-29(48)34(27,5)17-15-28(26)33/h6-9,22,24-28H,10-20H2,1-5H3/t22?,24-,25-,26-,27-,28-,33-,34-/m0/s1. The zero-order valence-electron chi connectivity index (χ0n) is 30.0. The first-order valence-corrected chi connectivity index (χ1v) is 18.0. The molecule has 0 saturated heterocycles. The molecule has 4 aliphatic rings. The molecule has 5 rings (SSSR count). The summed E-state index contributed by atoms with van der Waals surface area (Å²) in [7, 11) is 0. The highest BCUT2D eigenvalue weighted by Gasteiger charge is 2.81. The van der Waals surface area contributed by atoms with E-state index in [1.54, 1.807) is 0 Å². The van der Waals surface area contributed by atoms with Crippen molar-refractivity contribution in [2.24, 2.45) is 40.4 Å². The topological polar surface area (TPSA) is 69.7 Å². The first kappa shape index (κ1) is 40.4. The van der Waals surface area contributed by atoms with Gasteiger partial charge in [-0.25, -0.2) is 4.79 Å². The lowest BCUT2D eigenvalue weighted by Gasteiger charge is -2.60. The summed E-state index contributed by atoms with van der Waals surface area (Å²) in [5.41, 5.74) is -0.396. The summed E-state index contributed by atoms with van der Waals surface area (Å²) in [6, 6.07) is 5.26. The molecule has 0 aliphatic heterocycles. The van der Waals surface area contributed by atoms with E-state index in [9.17, 15) is 53.9 Å². The second kappa shape index (κ2) is 13.5. The molecule has 0 radical (unpaired) electrons. The van der Waals surface area contributed by atoms with Crippen LogP contribution in [-0.4, -0.2) is 54.4 Å². The van der Waals surface area contributed by atoms with E-state index in [0.717, 1.165) is 32.1 Å². The quantitative estimate of drug-likeness (QED) is 0.143. The van der Waals surface area contributed by atoms with Crippen LogP contribution < -0.4 is 0 Å². The Bertz CT molecular complexity index is 1520. The van der Waals surface area contributed by atoms with Crippen LogP contribution in [0, 0.1) is 40.4 Å². The lowest BCUT2D eigenvalue weighted by atomic mass is 9.45. The van der Waals surface area contributed by atoms with Gasteiger partial charge in [-0.3, -0.25) is 9.59 Å². The molecule has 5 nitrogen and oxygen atoms in total. The van der Waals surface area contributed by atoms with Gasteiger partial charge in [0.1, 0.15) is 18.5 Å². The van der Waals surface area contributed by atoms with Crippen LogP contribution >= 0.6 is 0 Å². The highest BCUT2D eigenvalue weighted by Crippen LogP contribution is 2.65. The first-order valence-electron chi connectivity index (χ1n) is 18.0. The average Bonchev–Trinajstić information content (AvgIpc) is 3.35. The molecule has 4 fully saturated rings. The fraction of sp³-hybridized carbons (Fsp3) is 0.763. The van der Waals surface area contributed by atoms with Gasteiger partial charge in [-0.1, -0.05) is 58.9 Å². The Balaban J connectivity index is 1.27. The number of hydrogen-bond acceptors (Lipinski definition) is 5. The van der Waals surface area contributed by atoms with Gasteiger partial charge in [-0.15, -0.1) is 0 Å². The predicted molar refractivity (Wildman–Crippen MR) is 171 cm³/mol. The fourth-order valence-corrected chi connectivity index (χ4v) is 9.88. The van der Waals surface area contributed by atoms with Crippen LogP contribution in [0.5, 0.6) is 0 Å². The summed E-state index contributed by atoms with van der Waals surface area (Å²) in [5.74, 6) is -22.2. The molecule has 0 amide bonds. The Hall–Kier alpha value is -2.80. The molecule has 1 unspecified atom stereocenters. The molecule has 0 heterocycles. The molecule has 4 saturated carbocycles. The minimum absolute atomic E-state index is 0.0605. The normalized spacial score (nSPS) is 32.0. The van der Waals surface area contributed by atoms with Gasteiger partial charge in [-0.05, 0) is 91.4 Å². The second-order valence-corrected chi connectivity index (χ2v) is 17.1. The van der Waals surface area contributed by atoms with Crippen LogP contribution in [-0.2, 0) is 19.7 Å². The number of Topliss-reactive ketones (excluding diaryl/α,β-unsaturated/α-hetero) is 2. The molecule has 0 spiro atoms. The minimum atomic E-state index is -7.13. The molecule has 1 aromatic carbocycles. The van der Waals surface area contributed by atoms with E-state index in [4.69, 9.17) is 9.47 Å². The van der Waals surface area contributed by atoms with E-state index in [0.29, 0.717) is 54.8 Å². The highest BCUT2D eigenvalue weighted by molar-refractivity contribution is 5.98.